The van der Waals surface area contributed by atoms with Crippen LogP contribution in [0.2, 0.25) is 0 Å². The van der Waals surface area contributed by atoms with Crippen LogP contribution in [0.5, 0.6) is 0 Å². The summed E-state index contributed by atoms with van der Waals surface area (Å²) in [6.07, 6.45) is 5.92. The van der Waals surface area contributed by atoms with Crippen molar-refractivity contribution in [3.63, 3.8) is 0 Å². The van der Waals surface area contributed by atoms with Gasteiger partial charge in [-0.25, -0.2) is 0 Å². The molecule has 2 aromatic rings. The van der Waals surface area contributed by atoms with E-state index in [1.807, 2.05) is 22.9 Å². The van der Waals surface area contributed by atoms with E-state index in [0.29, 0.717) is 25.3 Å². The molecule has 1 saturated carbocycles. The Morgan fingerprint density at radius 2 is 2.12 bits per heavy atom. The van der Waals surface area contributed by atoms with Gasteiger partial charge in [0.05, 0.1) is 24.0 Å². The normalized spacial score (nSPS) is 13.8. The Hall–Kier alpha value is -2.14. The summed E-state index contributed by atoms with van der Waals surface area (Å²) in [5.74, 6) is 0.746. The molecule has 0 saturated heterocycles. The molecule has 5 heteroatoms. The monoisotopic (exact) mass is 341 g/mol. The van der Waals surface area contributed by atoms with Crippen molar-refractivity contribution in [2.45, 2.75) is 39.2 Å². The van der Waals surface area contributed by atoms with Crippen LogP contribution in [0.4, 0.5) is 0 Å². The van der Waals surface area contributed by atoms with Gasteiger partial charge in [-0.1, -0.05) is 37.3 Å². The number of aromatic nitrogens is 2. The summed E-state index contributed by atoms with van der Waals surface area (Å²) >= 11 is 0. The van der Waals surface area contributed by atoms with Crippen LogP contribution in [0.25, 0.3) is 0 Å². The predicted octanol–water partition coefficient (Wildman–Crippen LogP) is 3.04. The number of nitrogens with one attached hydrogen (secondary N) is 1. The minimum atomic E-state index is -0.0432. The lowest BCUT2D eigenvalue weighted by Crippen LogP contribution is -2.26. The number of amides is 1. The summed E-state index contributed by atoms with van der Waals surface area (Å²) in [5.41, 5.74) is 2.84. The van der Waals surface area contributed by atoms with Crippen LogP contribution in [-0.2, 0) is 17.7 Å². The molecule has 1 aliphatic carbocycles. The van der Waals surface area contributed by atoms with Gasteiger partial charge in [0.25, 0.3) is 5.91 Å². The second-order valence-electron chi connectivity index (χ2n) is 6.63. The molecule has 0 radical (unpaired) electrons. The highest BCUT2D eigenvalue weighted by molar-refractivity contribution is 5.95. The van der Waals surface area contributed by atoms with Gasteiger partial charge in [-0.15, -0.1) is 0 Å². The maximum atomic E-state index is 12.4. The van der Waals surface area contributed by atoms with Crippen molar-refractivity contribution >= 4 is 5.91 Å². The topological polar surface area (TPSA) is 56.1 Å². The summed E-state index contributed by atoms with van der Waals surface area (Å²) in [5, 5.41) is 7.40. The molecule has 0 bridgehead atoms. The zero-order valence-corrected chi connectivity index (χ0v) is 14.9. The summed E-state index contributed by atoms with van der Waals surface area (Å²) < 4.78 is 7.51. The van der Waals surface area contributed by atoms with E-state index in [2.05, 4.69) is 29.5 Å². The van der Waals surface area contributed by atoms with Crippen molar-refractivity contribution in [2.24, 2.45) is 5.92 Å². The minimum Gasteiger partial charge on any atom is -0.381 e. The third-order valence-corrected chi connectivity index (χ3v) is 4.50. The van der Waals surface area contributed by atoms with Gasteiger partial charge in [-0.05, 0) is 37.2 Å². The molecular weight excluding hydrogens is 314 g/mol. The van der Waals surface area contributed by atoms with Gasteiger partial charge in [-0.3, -0.25) is 9.48 Å². The zero-order valence-electron chi connectivity index (χ0n) is 14.9. The van der Waals surface area contributed by atoms with Gasteiger partial charge in [0.15, 0.2) is 0 Å². The largest absolute Gasteiger partial charge is 0.381 e. The molecule has 1 aliphatic rings. The number of hydrogen-bond donors (Lipinski definition) is 1. The van der Waals surface area contributed by atoms with E-state index in [0.717, 1.165) is 31.1 Å². The van der Waals surface area contributed by atoms with Crippen molar-refractivity contribution in [1.82, 2.24) is 15.1 Å². The van der Waals surface area contributed by atoms with E-state index in [1.165, 1.54) is 18.4 Å². The molecule has 0 atom stereocenters. The van der Waals surface area contributed by atoms with E-state index in [4.69, 9.17) is 4.74 Å². The molecule has 134 valence electrons. The van der Waals surface area contributed by atoms with Crippen molar-refractivity contribution < 1.29 is 9.53 Å². The van der Waals surface area contributed by atoms with Crippen LogP contribution in [0.1, 0.15) is 47.8 Å². The highest BCUT2D eigenvalue weighted by atomic mass is 16.5. The lowest BCUT2D eigenvalue weighted by atomic mass is 10.1. The van der Waals surface area contributed by atoms with E-state index in [1.54, 1.807) is 6.20 Å². The second kappa shape index (κ2) is 8.81. The van der Waals surface area contributed by atoms with E-state index >= 15 is 0 Å². The third-order valence-electron chi connectivity index (χ3n) is 4.50. The van der Waals surface area contributed by atoms with Crippen LogP contribution in [0.15, 0.2) is 36.5 Å². The van der Waals surface area contributed by atoms with Crippen molar-refractivity contribution in [2.75, 3.05) is 19.8 Å². The maximum absolute atomic E-state index is 12.4. The van der Waals surface area contributed by atoms with E-state index in [-0.39, 0.29) is 5.91 Å². The van der Waals surface area contributed by atoms with Crippen molar-refractivity contribution in [1.29, 1.82) is 0 Å². The minimum absolute atomic E-state index is 0.0432. The molecule has 1 aromatic carbocycles. The number of nitrogens with zero attached hydrogens (tertiary/aromatic N) is 2. The highest BCUT2D eigenvalue weighted by Gasteiger charge is 2.21. The number of benzene rings is 1. The Bertz CT molecular complexity index is 678. The van der Waals surface area contributed by atoms with Crippen LogP contribution >= 0.6 is 0 Å². The molecule has 5 nitrogen and oxygen atoms in total. The first kappa shape index (κ1) is 17.7. The van der Waals surface area contributed by atoms with Crippen molar-refractivity contribution in [3.8, 4) is 0 Å². The fourth-order valence-corrected chi connectivity index (χ4v) is 2.87. The fraction of sp³-hybridized carbons (Fsp3) is 0.500. The Morgan fingerprint density at radius 1 is 1.32 bits per heavy atom. The first-order chi connectivity index (χ1) is 12.3. The molecular formula is C20H27N3O2. The average molecular weight is 341 g/mol. The number of ether oxygens (including phenoxy) is 1. The van der Waals surface area contributed by atoms with Gasteiger partial charge in [-0.2, -0.15) is 5.10 Å². The molecule has 0 unspecified atom stereocenters. The van der Waals surface area contributed by atoms with Crippen LogP contribution in [0, 0.1) is 5.92 Å². The van der Waals surface area contributed by atoms with Gasteiger partial charge >= 0.3 is 0 Å². The van der Waals surface area contributed by atoms with Crippen LogP contribution < -0.4 is 5.32 Å². The van der Waals surface area contributed by atoms with Crippen LogP contribution in [0.3, 0.4) is 0 Å². The van der Waals surface area contributed by atoms with Crippen LogP contribution in [-0.4, -0.2) is 35.4 Å². The molecule has 1 fully saturated rings. The summed E-state index contributed by atoms with van der Waals surface area (Å²) in [4.78, 5) is 12.4. The molecule has 25 heavy (non-hydrogen) atoms. The second-order valence-corrected chi connectivity index (χ2v) is 6.63. The predicted molar refractivity (Wildman–Crippen MR) is 97.6 cm³/mol. The molecule has 1 aromatic heterocycles. The lowest BCUT2D eigenvalue weighted by molar-refractivity contribution is 0.0936. The molecule has 0 aliphatic heterocycles. The summed E-state index contributed by atoms with van der Waals surface area (Å²) in [6.45, 7) is 4.97. The quantitative estimate of drug-likeness (QED) is 0.676. The Kier molecular flexibility index (Phi) is 6.23. The molecule has 3 rings (SSSR count). The van der Waals surface area contributed by atoms with Gasteiger partial charge < -0.3 is 10.1 Å². The average Bonchev–Trinajstić information content (AvgIpc) is 3.37. The third kappa shape index (κ3) is 5.16. The first-order valence-electron chi connectivity index (χ1n) is 9.22. The first-order valence-corrected chi connectivity index (χ1v) is 9.22. The smallest absolute Gasteiger partial charge is 0.254 e. The number of carbonyl (C=O) groups is 1. The fourth-order valence-electron chi connectivity index (χ4n) is 2.87. The van der Waals surface area contributed by atoms with Gasteiger partial charge in [0, 0.05) is 19.8 Å². The van der Waals surface area contributed by atoms with Crippen molar-refractivity contribution in [3.05, 3.63) is 53.3 Å². The summed E-state index contributed by atoms with van der Waals surface area (Å²) in [7, 11) is 0. The molecule has 1 heterocycles. The Labute approximate surface area is 149 Å². The molecule has 1 amide bonds. The molecule has 0 spiro atoms. The lowest BCUT2D eigenvalue weighted by Gasteiger charge is -2.09. The maximum Gasteiger partial charge on any atom is 0.254 e. The zero-order chi connectivity index (χ0) is 17.5. The highest BCUT2D eigenvalue weighted by Crippen LogP contribution is 2.28. The SMILES string of the molecule is CCc1c(C(=O)NCCCOCC2CC2)cnn1Cc1ccccc1. The van der Waals surface area contributed by atoms with E-state index in [9.17, 15) is 4.79 Å². The number of carbonyl (C=O) groups excluding carboxylic acids is 1. The summed E-state index contributed by atoms with van der Waals surface area (Å²) in [6, 6.07) is 10.2. The number of rotatable bonds is 10. The van der Waals surface area contributed by atoms with E-state index < -0.39 is 0 Å². The molecule has 1 N–H and O–H groups in total. The number of hydrogen-bond acceptors (Lipinski definition) is 3. The Morgan fingerprint density at radius 3 is 2.84 bits per heavy atom. The Balaban J connectivity index is 1.49. The van der Waals surface area contributed by atoms with Gasteiger partial charge in [0.2, 0.25) is 0 Å². The van der Waals surface area contributed by atoms with Gasteiger partial charge in [0.1, 0.15) is 0 Å². The standard InChI is InChI=1S/C20H27N3O2/c1-2-19-18(13-22-23(19)14-16-7-4-3-5-8-16)20(24)21-11-6-12-25-15-17-9-10-17/h3-5,7-8,13,17H,2,6,9-12,14-15H2,1H3,(H,21,24).